The van der Waals surface area contributed by atoms with E-state index in [-0.39, 0.29) is 16.5 Å². The van der Waals surface area contributed by atoms with Crippen LogP contribution in [-0.4, -0.2) is 16.1 Å². The molecule has 98 valence electrons. The summed E-state index contributed by atoms with van der Waals surface area (Å²) in [7, 11) is 0. The van der Waals surface area contributed by atoms with Gasteiger partial charge in [-0.15, -0.1) is 0 Å². The molecule has 0 saturated carbocycles. The van der Waals surface area contributed by atoms with E-state index in [0.29, 0.717) is 15.8 Å². The Morgan fingerprint density at radius 3 is 2.37 bits per heavy atom. The van der Waals surface area contributed by atoms with E-state index >= 15 is 0 Å². The minimum atomic E-state index is -1.17. The van der Waals surface area contributed by atoms with Gasteiger partial charge < -0.3 is 9.84 Å². The highest BCUT2D eigenvalue weighted by Crippen LogP contribution is 2.32. The zero-order valence-electron chi connectivity index (χ0n) is 9.23. The molecule has 2 rings (SSSR count). The van der Waals surface area contributed by atoms with E-state index in [9.17, 15) is 4.79 Å². The molecule has 0 aliphatic heterocycles. The third-order valence-corrected chi connectivity index (χ3v) is 2.94. The number of pyridine rings is 1. The van der Waals surface area contributed by atoms with Crippen molar-refractivity contribution in [2.45, 2.75) is 0 Å². The summed E-state index contributed by atoms with van der Waals surface area (Å²) in [6, 6.07) is 5.85. The maximum Gasteiger partial charge on any atom is 0.337 e. The van der Waals surface area contributed by atoms with E-state index in [1.54, 1.807) is 6.07 Å². The molecule has 1 aromatic heterocycles. The van der Waals surface area contributed by atoms with Crippen LogP contribution in [-0.2, 0) is 0 Å². The number of aromatic nitrogens is 1. The number of halogens is 3. The number of carboxylic acids is 1. The first-order chi connectivity index (χ1) is 8.97. The highest BCUT2D eigenvalue weighted by Gasteiger charge is 2.15. The lowest BCUT2D eigenvalue weighted by Gasteiger charge is -2.08. The molecule has 0 saturated heterocycles. The van der Waals surface area contributed by atoms with Crippen LogP contribution in [0.2, 0.25) is 15.1 Å². The van der Waals surface area contributed by atoms with Crippen molar-refractivity contribution < 1.29 is 14.6 Å². The average molecular weight is 319 g/mol. The third-order valence-electron chi connectivity index (χ3n) is 2.14. The molecular formula is C12H6Cl3NO3. The van der Waals surface area contributed by atoms with Crippen LogP contribution in [0.25, 0.3) is 0 Å². The normalized spacial score (nSPS) is 10.3. The molecule has 2 aromatic rings. The van der Waals surface area contributed by atoms with E-state index in [1.807, 2.05) is 0 Å². The molecule has 1 N–H and O–H groups in total. The zero-order valence-corrected chi connectivity index (χ0v) is 11.5. The monoisotopic (exact) mass is 317 g/mol. The predicted octanol–water partition coefficient (Wildman–Crippen LogP) is 4.53. The average Bonchev–Trinajstić information content (AvgIpc) is 2.30. The SMILES string of the molecule is O=C(O)c1ccnc(Oc2cc(Cl)cc(Cl)c2)c1Cl. The van der Waals surface area contributed by atoms with Crippen LogP contribution in [0.4, 0.5) is 0 Å². The lowest BCUT2D eigenvalue weighted by atomic mass is 10.2. The van der Waals surface area contributed by atoms with Gasteiger partial charge in [0, 0.05) is 16.2 Å². The number of nitrogens with zero attached hydrogens (tertiary/aromatic N) is 1. The summed E-state index contributed by atoms with van der Waals surface area (Å²) >= 11 is 17.6. The largest absolute Gasteiger partial charge is 0.478 e. The fraction of sp³-hybridized carbons (Fsp3) is 0. The van der Waals surface area contributed by atoms with Gasteiger partial charge >= 0.3 is 5.97 Å². The van der Waals surface area contributed by atoms with Gasteiger partial charge in [0.2, 0.25) is 5.88 Å². The molecular weight excluding hydrogens is 312 g/mol. The molecule has 0 aliphatic rings. The topological polar surface area (TPSA) is 59.4 Å². The van der Waals surface area contributed by atoms with Gasteiger partial charge in [-0.05, 0) is 24.3 Å². The lowest BCUT2D eigenvalue weighted by molar-refractivity contribution is 0.0696. The van der Waals surface area contributed by atoms with Gasteiger partial charge in [-0.3, -0.25) is 0 Å². The van der Waals surface area contributed by atoms with Crippen LogP contribution >= 0.6 is 34.8 Å². The second-order valence-electron chi connectivity index (χ2n) is 3.49. The predicted molar refractivity (Wildman–Crippen MR) is 72.7 cm³/mol. The highest BCUT2D eigenvalue weighted by molar-refractivity contribution is 6.35. The summed E-state index contributed by atoms with van der Waals surface area (Å²) in [4.78, 5) is 14.8. The van der Waals surface area contributed by atoms with E-state index in [4.69, 9.17) is 44.6 Å². The van der Waals surface area contributed by atoms with Crippen molar-refractivity contribution in [3.05, 3.63) is 51.1 Å². The van der Waals surface area contributed by atoms with Gasteiger partial charge in [0.15, 0.2) is 0 Å². The summed E-state index contributed by atoms with van der Waals surface area (Å²) in [6.45, 7) is 0. The molecule has 0 spiro atoms. The van der Waals surface area contributed by atoms with E-state index in [0.717, 1.165) is 0 Å². The fourth-order valence-electron chi connectivity index (χ4n) is 1.36. The van der Waals surface area contributed by atoms with Gasteiger partial charge in [0.1, 0.15) is 10.8 Å². The molecule has 1 aromatic carbocycles. The van der Waals surface area contributed by atoms with Gasteiger partial charge in [-0.25, -0.2) is 9.78 Å². The van der Waals surface area contributed by atoms with Crippen molar-refractivity contribution in [1.82, 2.24) is 4.98 Å². The maximum atomic E-state index is 10.9. The first kappa shape index (κ1) is 13.9. The number of carbonyl (C=O) groups is 1. The fourth-order valence-corrected chi connectivity index (χ4v) is 2.10. The van der Waals surface area contributed by atoms with Crippen LogP contribution in [0.3, 0.4) is 0 Å². The summed E-state index contributed by atoms with van der Waals surface area (Å²) in [6.07, 6.45) is 1.29. The number of aromatic carboxylic acids is 1. The van der Waals surface area contributed by atoms with Crippen molar-refractivity contribution in [2.24, 2.45) is 0 Å². The maximum absolute atomic E-state index is 10.9. The molecule has 0 bridgehead atoms. The quantitative estimate of drug-likeness (QED) is 0.903. The summed E-state index contributed by atoms with van der Waals surface area (Å²) in [5.41, 5.74) is -0.0974. The molecule has 0 amide bonds. The smallest absolute Gasteiger partial charge is 0.337 e. The lowest BCUT2D eigenvalue weighted by Crippen LogP contribution is -2.00. The first-order valence-electron chi connectivity index (χ1n) is 4.99. The Bertz CT molecular complexity index is 626. The summed E-state index contributed by atoms with van der Waals surface area (Å²) in [5, 5.41) is 9.61. The standard InChI is InChI=1S/C12H6Cl3NO3/c13-6-3-7(14)5-8(4-6)19-11-10(15)9(12(17)18)1-2-16-11/h1-5H,(H,17,18). The Morgan fingerprint density at radius 2 is 1.79 bits per heavy atom. The molecule has 4 nitrogen and oxygen atoms in total. The van der Waals surface area contributed by atoms with Gasteiger partial charge in [0.25, 0.3) is 0 Å². The molecule has 0 unspecified atom stereocenters. The molecule has 1 heterocycles. The van der Waals surface area contributed by atoms with E-state index in [1.165, 1.54) is 24.4 Å². The van der Waals surface area contributed by atoms with Crippen LogP contribution in [0.15, 0.2) is 30.5 Å². The highest BCUT2D eigenvalue weighted by atomic mass is 35.5. The van der Waals surface area contributed by atoms with Crippen LogP contribution in [0, 0.1) is 0 Å². The summed E-state index contributed by atoms with van der Waals surface area (Å²) in [5.74, 6) is -0.879. The second-order valence-corrected chi connectivity index (χ2v) is 4.74. The Balaban J connectivity index is 2.38. The molecule has 0 fully saturated rings. The van der Waals surface area contributed by atoms with E-state index in [2.05, 4.69) is 4.98 Å². The number of rotatable bonds is 3. The van der Waals surface area contributed by atoms with Gasteiger partial charge in [-0.2, -0.15) is 0 Å². The molecule has 0 radical (unpaired) electrons. The van der Waals surface area contributed by atoms with Crippen molar-refractivity contribution in [3.8, 4) is 11.6 Å². The number of carboxylic acid groups (broad SMARTS) is 1. The van der Waals surface area contributed by atoms with Crippen molar-refractivity contribution in [3.63, 3.8) is 0 Å². The molecule has 19 heavy (non-hydrogen) atoms. The minimum Gasteiger partial charge on any atom is -0.478 e. The number of hydrogen-bond donors (Lipinski definition) is 1. The van der Waals surface area contributed by atoms with Crippen molar-refractivity contribution in [1.29, 1.82) is 0 Å². The number of hydrogen-bond acceptors (Lipinski definition) is 3. The van der Waals surface area contributed by atoms with E-state index < -0.39 is 5.97 Å². The van der Waals surface area contributed by atoms with Crippen LogP contribution in [0.5, 0.6) is 11.6 Å². The van der Waals surface area contributed by atoms with Crippen molar-refractivity contribution >= 4 is 40.8 Å². The Kier molecular flexibility index (Phi) is 4.14. The zero-order chi connectivity index (χ0) is 14.0. The Morgan fingerprint density at radius 1 is 1.16 bits per heavy atom. The van der Waals surface area contributed by atoms with Crippen LogP contribution in [0.1, 0.15) is 10.4 Å². The van der Waals surface area contributed by atoms with Crippen molar-refractivity contribution in [2.75, 3.05) is 0 Å². The molecule has 0 atom stereocenters. The number of ether oxygens (including phenoxy) is 1. The minimum absolute atomic E-state index is 0.0279. The molecule has 0 aliphatic carbocycles. The number of benzene rings is 1. The van der Waals surface area contributed by atoms with Gasteiger partial charge in [0.05, 0.1) is 5.56 Å². The van der Waals surface area contributed by atoms with Crippen LogP contribution < -0.4 is 4.74 Å². The van der Waals surface area contributed by atoms with Gasteiger partial charge in [-0.1, -0.05) is 34.8 Å². The summed E-state index contributed by atoms with van der Waals surface area (Å²) < 4.78 is 5.39. The Labute approximate surface area is 123 Å². The first-order valence-corrected chi connectivity index (χ1v) is 6.12. The molecule has 7 heteroatoms. The Hall–Kier alpha value is -1.49. The second kappa shape index (κ2) is 5.65. The third kappa shape index (κ3) is 3.29.